The maximum absolute atomic E-state index is 9.15. The first kappa shape index (κ1) is 16.5. The van der Waals surface area contributed by atoms with Crippen LogP contribution in [0.25, 0.3) is 0 Å². The van der Waals surface area contributed by atoms with E-state index < -0.39 is 5.54 Å². The highest BCUT2D eigenvalue weighted by molar-refractivity contribution is 5.27. The molecule has 110 valence electrons. The molecule has 1 aromatic carbocycles. The molecule has 0 bridgehead atoms. The maximum Gasteiger partial charge on any atom is 0.119 e. The number of aryl methyl sites for hydroxylation is 1. The molecule has 2 atom stereocenters. The summed E-state index contributed by atoms with van der Waals surface area (Å²) in [6.07, 6.45) is 4.20. The van der Waals surface area contributed by atoms with Gasteiger partial charge in [-0.25, -0.2) is 0 Å². The lowest BCUT2D eigenvalue weighted by Gasteiger charge is -2.25. The molecule has 0 aliphatic carbocycles. The van der Waals surface area contributed by atoms with Gasteiger partial charge in [0.2, 0.25) is 0 Å². The Kier molecular flexibility index (Phi) is 6.54. The quantitative estimate of drug-likeness (QED) is 0.786. The van der Waals surface area contributed by atoms with Crippen molar-refractivity contribution in [3.8, 4) is 11.8 Å². The SMILES string of the molecule is CCCCc1ccc(OC(C)CC(C)(C#N)NC)cc1. The molecule has 0 amide bonds. The highest BCUT2D eigenvalue weighted by Gasteiger charge is 2.25. The van der Waals surface area contributed by atoms with E-state index in [1.807, 2.05) is 26.0 Å². The van der Waals surface area contributed by atoms with E-state index in [0.717, 1.165) is 12.2 Å². The molecule has 0 fully saturated rings. The molecular formula is C17H26N2O. The van der Waals surface area contributed by atoms with Crippen molar-refractivity contribution in [1.29, 1.82) is 5.26 Å². The second kappa shape index (κ2) is 7.91. The molecule has 0 aromatic heterocycles. The van der Waals surface area contributed by atoms with Gasteiger partial charge in [-0.3, -0.25) is 0 Å². The minimum atomic E-state index is -0.541. The largest absolute Gasteiger partial charge is 0.491 e. The first-order valence-corrected chi connectivity index (χ1v) is 7.38. The minimum absolute atomic E-state index is 0.00593. The van der Waals surface area contributed by atoms with E-state index in [2.05, 4.69) is 30.4 Å². The van der Waals surface area contributed by atoms with Gasteiger partial charge in [0.1, 0.15) is 11.3 Å². The van der Waals surface area contributed by atoms with Gasteiger partial charge < -0.3 is 10.1 Å². The number of unbranched alkanes of at least 4 members (excludes halogenated alkanes) is 1. The van der Waals surface area contributed by atoms with Gasteiger partial charge in [0.15, 0.2) is 0 Å². The molecule has 0 saturated carbocycles. The molecular weight excluding hydrogens is 248 g/mol. The molecule has 0 spiro atoms. The summed E-state index contributed by atoms with van der Waals surface area (Å²) in [4.78, 5) is 0. The zero-order valence-electron chi connectivity index (χ0n) is 13.1. The van der Waals surface area contributed by atoms with Gasteiger partial charge in [0, 0.05) is 6.42 Å². The van der Waals surface area contributed by atoms with Crippen LogP contribution in [0.2, 0.25) is 0 Å². The average molecular weight is 274 g/mol. The summed E-state index contributed by atoms with van der Waals surface area (Å²) in [5.74, 6) is 0.870. The van der Waals surface area contributed by atoms with E-state index in [0.29, 0.717) is 6.42 Å². The summed E-state index contributed by atoms with van der Waals surface area (Å²) in [5.41, 5.74) is 0.810. The lowest BCUT2D eigenvalue weighted by atomic mass is 9.97. The number of nitriles is 1. The number of hydrogen-bond donors (Lipinski definition) is 1. The van der Waals surface area contributed by atoms with Crippen LogP contribution in [0.3, 0.4) is 0 Å². The van der Waals surface area contributed by atoms with Crippen LogP contribution in [0, 0.1) is 11.3 Å². The number of ether oxygens (including phenoxy) is 1. The van der Waals surface area contributed by atoms with Gasteiger partial charge in [0.25, 0.3) is 0 Å². The molecule has 0 aliphatic heterocycles. The molecule has 1 N–H and O–H groups in total. The number of benzene rings is 1. The third-order valence-corrected chi connectivity index (χ3v) is 3.57. The van der Waals surface area contributed by atoms with Crippen molar-refractivity contribution in [2.24, 2.45) is 0 Å². The van der Waals surface area contributed by atoms with Gasteiger partial charge in [-0.1, -0.05) is 25.5 Å². The van der Waals surface area contributed by atoms with E-state index in [-0.39, 0.29) is 6.10 Å². The summed E-state index contributed by atoms with van der Waals surface area (Å²) < 4.78 is 5.88. The monoisotopic (exact) mass is 274 g/mol. The Morgan fingerprint density at radius 1 is 1.35 bits per heavy atom. The van der Waals surface area contributed by atoms with E-state index >= 15 is 0 Å². The topological polar surface area (TPSA) is 45.0 Å². The van der Waals surface area contributed by atoms with Crippen LogP contribution < -0.4 is 10.1 Å². The van der Waals surface area contributed by atoms with Crippen molar-refractivity contribution >= 4 is 0 Å². The average Bonchev–Trinajstić information content (AvgIpc) is 2.46. The summed E-state index contributed by atoms with van der Waals surface area (Å²) in [7, 11) is 1.80. The summed E-state index contributed by atoms with van der Waals surface area (Å²) in [6, 6.07) is 10.6. The Morgan fingerprint density at radius 2 is 2.00 bits per heavy atom. The fraction of sp³-hybridized carbons (Fsp3) is 0.588. The van der Waals surface area contributed by atoms with Crippen LogP contribution >= 0.6 is 0 Å². The van der Waals surface area contributed by atoms with Crippen LogP contribution in [0.5, 0.6) is 5.75 Å². The molecule has 0 heterocycles. The Labute approximate surface area is 123 Å². The Morgan fingerprint density at radius 3 is 2.50 bits per heavy atom. The standard InChI is InChI=1S/C17H26N2O/c1-5-6-7-15-8-10-16(11-9-15)20-14(2)12-17(3,13-18)19-4/h8-11,14,19H,5-7,12H2,1-4H3. The Bertz CT molecular complexity index is 435. The highest BCUT2D eigenvalue weighted by atomic mass is 16.5. The first-order valence-electron chi connectivity index (χ1n) is 7.38. The lowest BCUT2D eigenvalue weighted by molar-refractivity contribution is 0.182. The predicted molar refractivity (Wildman–Crippen MR) is 82.8 cm³/mol. The molecule has 3 heteroatoms. The number of hydrogen-bond acceptors (Lipinski definition) is 3. The summed E-state index contributed by atoms with van der Waals surface area (Å²) in [6.45, 7) is 6.09. The number of nitrogens with one attached hydrogen (secondary N) is 1. The molecule has 20 heavy (non-hydrogen) atoms. The molecule has 0 radical (unpaired) electrons. The summed E-state index contributed by atoms with van der Waals surface area (Å²) in [5, 5.41) is 12.2. The lowest BCUT2D eigenvalue weighted by Crippen LogP contribution is -2.41. The summed E-state index contributed by atoms with van der Waals surface area (Å²) >= 11 is 0. The van der Waals surface area contributed by atoms with Crippen molar-refractivity contribution < 1.29 is 4.74 Å². The van der Waals surface area contributed by atoms with Crippen LogP contribution in [-0.4, -0.2) is 18.7 Å². The predicted octanol–water partition coefficient (Wildman–Crippen LogP) is 3.69. The first-order chi connectivity index (χ1) is 9.53. The fourth-order valence-corrected chi connectivity index (χ4v) is 2.17. The van der Waals surface area contributed by atoms with Crippen LogP contribution in [0.1, 0.15) is 45.6 Å². The zero-order valence-corrected chi connectivity index (χ0v) is 13.1. The van der Waals surface area contributed by atoms with Crippen molar-refractivity contribution in [2.45, 2.75) is 58.1 Å². The van der Waals surface area contributed by atoms with Crippen molar-refractivity contribution in [3.05, 3.63) is 29.8 Å². The van der Waals surface area contributed by atoms with Gasteiger partial charge in [-0.2, -0.15) is 5.26 Å². The molecule has 0 aliphatic rings. The molecule has 3 nitrogen and oxygen atoms in total. The van der Waals surface area contributed by atoms with Crippen molar-refractivity contribution in [3.63, 3.8) is 0 Å². The van der Waals surface area contributed by atoms with E-state index in [1.54, 1.807) is 7.05 Å². The highest BCUT2D eigenvalue weighted by Crippen LogP contribution is 2.19. The van der Waals surface area contributed by atoms with Gasteiger partial charge in [-0.15, -0.1) is 0 Å². The second-order valence-corrected chi connectivity index (χ2v) is 5.57. The van der Waals surface area contributed by atoms with Crippen LogP contribution in [0.15, 0.2) is 24.3 Å². The van der Waals surface area contributed by atoms with Crippen LogP contribution in [0.4, 0.5) is 0 Å². The number of rotatable bonds is 8. The fourth-order valence-electron chi connectivity index (χ4n) is 2.17. The van der Waals surface area contributed by atoms with Gasteiger partial charge in [0.05, 0.1) is 12.2 Å². The normalized spacial score (nSPS) is 15.2. The van der Waals surface area contributed by atoms with Crippen molar-refractivity contribution in [1.82, 2.24) is 5.32 Å². The van der Waals surface area contributed by atoms with Gasteiger partial charge in [-0.05, 0) is 51.4 Å². The second-order valence-electron chi connectivity index (χ2n) is 5.57. The number of nitrogens with zero attached hydrogens (tertiary/aromatic N) is 1. The molecule has 1 rings (SSSR count). The molecule has 2 unspecified atom stereocenters. The maximum atomic E-state index is 9.15. The zero-order chi connectivity index (χ0) is 15.0. The third kappa shape index (κ3) is 5.22. The van der Waals surface area contributed by atoms with E-state index in [9.17, 15) is 0 Å². The minimum Gasteiger partial charge on any atom is -0.491 e. The Hall–Kier alpha value is -1.53. The van der Waals surface area contributed by atoms with Gasteiger partial charge >= 0.3 is 0 Å². The molecule has 1 aromatic rings. The van der Waals surface area contributed by atoms with Crippen LogP contribution in [-0.2, 0) is 6.42 Å². The van der Waals surface area contributed by atoms with Crippen molar-refractivity contribution in [2.75, 3.05) is 7.05 Å². The van der Waals surface area contributed by atoms with E-state index in [4.69, 9.17) is 10.00 Å². The Balaban J connectivity index is 2.54. The third-order valence-electron chi connectivity index (χ3n) is 3.57. The van der Waals surface area contributed by atoms with E-state index in [1.165, 1.54) is 18.4 Å². The smallest absolute Gasteiger partial charge is 0.119 e. The molecule has 0 saturated heterocycles.